The average Bonchev–Trinajstić information content (AvgIpc) is 2.99. The van der Waals surface area contributed by atoms with Crippen molar-refractivity contribution in [2.24, 2.45) is 11.8 Å². The fourth-order valence-corrected chi connectivity index (χ4v) is 1.68. The molecule has 1 saturated carbocycles. The minimum atomic E-state index is 0.0486. The number of nitrogens with two attached hydrogens (primary N) is 1. The fourth-order valence-electron chi connectivity index (χ4n) is 1.68. The van der Waals surface area contributed by atoms with Crippen LogP contribution in [-0.4, -0.2) is 13.0 Å². The molecule has 0 bridgehead atoms. The average molecular weight is 220 g/mol. The Morgan fingerprint density at radius 3 is 2.81 bits per heavy atom. The van der Waals surface area contributed by atoms with Crippen LogP contribution in [0.3, 0.4) is 0 Å². The van der Waals surface area contributed by atoms with Crippen molar-refractivity contribution in [3.8, 4) is 5.75 Å². The maximum Gasteiger partial charge on any atom is 0.227 e. The number of rotatable bonds is 3. The predicted octanol–water partition coefficient (Wildman–Crippen LogP) is 1.87. The number of methoxy groups -OCH3 is 1. The summed E-state index contributed by atoms with van der Waals surface area (Å²) in [5, 5.41) is 2.83. The zero-order valence-corrected chi connectivity index (χ0v) is 9.49. The smallest absolute Gasteiger partial charge is 0.227 e. The van der Waals surface area contributed by atoms with E-state index in [9.17, 15) is 4.79 Å². The molecule has 16 heavy (non-hydrogen) atoms. The molecule has 1 aliphatic rings. The first-order valence-electron chi connectivity index (χ1n) is 5.36. The Bertz CT molecular complexity index is 417. The van der Waals surface area contributed by atoms with Gasteiger partial charge in [0, 0.05) is 12.0 Å². The highest BCUT2D eigenvalue weighted by molar-refractivity contribution is 5.97. The molecule has 0 radical (unpaired) electrons. The van der Waals surface area contributed by atoms with Gasteiger partial charge in [-0.1, -0.05) is 6.92 Å². The van der Waals surface area contributed by atoms with Crippen LogP contribution in [-0.2, 0) is 4.79 Å². The van der Waals surface area contributed by atoms with Crippen LogP contribution in [0.15, 0.2) is 18.2 Å². The SMILES string of the molecule is COc1ccc(N)c(NC(=O)C2CC2C)c1. The first-order valence-corrected chi connectivity index (χ1v) is 5.36. The maximum absolute atomic E-state index is 11.7. The van der Waals surface area contributed by atoms with Crippen molar-refractivity contribution in [1.29, 1.82) is 0 Å². The molecular formula is C12H16N2O2. The minimum absolute atomic E-state index is 0.0486. The molecule has 86 valence electrons. The molecule has 2 atom stereocenters. The number of benzene rings is 1. The van der Waals surface area contributed by atoms with E-state index in [-0.39, 0.29) is 11.8 Å². The summed E-state index contributed by atoms with van der Waals surface area (Å²) in [5.74, 6) is 1.37. The van der Waals surface area contributed by atoms with Crippen molar-refractivity contribution in [2.75, 3.05) is 18.2 Å². The molecule has 0 heterocycles. The number of carbonyl (C=O) groups excluding carboxylic acids is 1. The van der Waals surface area contributed by atoms with E-state index in [1.54, 1.807) is 25.3 Å². The standard InChI is InChI=1S/C12H16N2O2/c1-7-5-9(7)12(15)14-11-6-8(16-2)3-4-10(11)13/h3-4,6-7,9H,5,13H2,1-2H3,(H,14,15). The van der Waals surface area contributed by atoms with Crippen LogP contribution in [0.2, 0.25) is 0 Å². The molecule has 1 aliphatic carbocycles. The van der Waals surface area contributed by atoms with Gasteiger partial charge in [-0.25, -0.2) is 0 Å². The molecule has 4 nitrogen and oxygen atoms in total. The number of hydrogen-bond acceptors (Lipinski definition) is 3. The molecule has 1 amide bonds. The molecule has 1 aromatic rings. The van der Waals surface area contributed by atoms with Crippen LogP contribution in [0, 0.1) is 11.8 Å². The van der Waals surface area contributed by atoms with Gasteiger partial charge in [-0.15, -0.1) is 0 Å². The van der Waals surface area contributed by atoms with Crippen LogP contribution >= 0.6 is 0 Å². The van der Waals surface area contributed by atoms with Crippen LogP contribution in [0.25, 0.3) is 0 Å². The third-order valence-corrected chi connectivity index (χ3v) is 2.96. The van der Waals surface area contributed by atoms with E-state index >= 15 is 0 Å². The fraction of sp³-hybridized carbons (Fsp3) is 0.417. The highest BCUT2D eigenvalue weighted by atomic mass is 16.5. The molecule has 3 N–H and O–H groups in total. The molecule has 0 aromatic heterocycles. The van der Waals surface area contributed by atoms with E-state index in [4.69, 9.17) is 10.5 Å². The summed E-state index contributed by atoms with van der Waals surface area (Å²) in [6, 6.07) is 5.23. The number of nitrogens with one attached hydrogen (secondary N) is 1. The maximum atomic E-state index is 11.7. The van der Waals surface area contributed by atoms with E-state index in [0.717, 1.165) is 6.42 Å². The lowest BCUT2D eigenvalue weighted by molar-refractivity contribution is -0.117. The van der Waals surface area contributed by atoms with Gasteiger partial charge in [0.15, 0.2) is 0 Å². The number of amides is 1. The molecule has 0 aliphatic heterocycles. The Morgan fingerprint density at radius 2 is 2.25 bits per heavy atom. The zero-order chi connectivity index (χ0) is 11.7. The minimum Gasteiger partial charge on any atom is -0.497 e. The topological polar surface area (TPSA) is 64.3 Å². The third kappa shape index (κ3) is 2.10. The van der Waals surface area contributed by atoms with Crippen molar-refractivity contribution >= 4 is 17.3 Å². The summed E-state index contributed by atoms with van der Waals surface area (Å²) in [7, 11) is 1.58. The second kappa shape index (κ2) is 4.04. The molecule has 2 rings (SSSR count). The second-order valence-electron chi connectivity index (χ2n) is 4.26. The Labute approximate surface area is 94.8 Å². The van der Waals surface area contributed by atoms with Gasteiger partial charge in [0.1, 0.15) is 5.75 Å². The first-order chi connectivity index (χ1) is 7.61. The van der Waals surface area contributed by atoms with Gasteiger partial charge in [0.25, 0.3) is 0 Å². The number of nitrogen functional groups attached to an aromatic ring is 1. The van der Waals surface area contributed by atoms with Gasteiger partial charge in [-0.05, 0) is 24.5 Å². The van der Waals surface area contributed by atoms with Crippen molar-refractivity contribution in [3.63, 3.8) is 0 Å². The summed E-state index contributed by atoms with van der Waals surface area (Å²) in [6.45, 7) is 2.07. The molecule has 0 spiro atoms. The van der Waals surface area contributed by atoms with E-state index in [1.165, 1.54) is 0 Å². The summed E-state index contributed by atoms with van der Waals surface area (Å²) >= 11 is 0. The summed E-state index contributed by atoms with van der Waals surface area (Å²) < 4.78 is 5.08. The van der Waals surface area contributed by atoms with E-state index in [0.29, 0.717) is 23.0 Å². The van der Waals surface area contributed by atoms with E-state index < -0.39 is 0 Å². The number of ether oxygens (including phenoxy) is 1. The van der Waals surface area contributed by atoms with E-state index in [1.807, 2.05) is 0 Å². The van der Waals surface area contributed by atoms with Crippen molar-refractivity contribution in [2.45, 2.75) is 13.3 Å². The molecule has 1 aromatic carbocycles. The number of anilines is 2. The van der Waals surface area contributed by atoms with Crippen LogP contribution in [0.4, 0.5) is 11.4 Å². The Hall–Kier alpha value is -1.71. The van der Waals surface area contributed by atoms with Crippen LogP contribution in [0.5, 0.6) is 5.75 Å². The Kier molecular flexibility index (Phi) is 2.73. The van der Waals surface area contributed by atoms with Crippen molar-refractivity contribution in [3.05, 3.63) is 18.2 Å². The Morgan fingerprint density at radius 1 is 1.56 bits per heavy atom. The molecule has 4 heteroatoms. The Balaban J connectivity index is 2.10. The summed E-state index contributed by atoms with van der Waals surface area (Å²) in [4.78, 5) is 11.7. The number of hydrogen-bond donors (Lipinski definition) is 2. The van der Waals surface area contributed by atoms with E-state index in [2.05, 4.69) is 12.2 Å². The number of carbonyl (C=O) groups is 1. The molecule has 2 unspecified atom stereocenters. The van der Waals surface area contributed by atoms with Crippen LogP contribution < -0.4 is 15.8 Å². The molecule has 1 fully saturated rings. The lowest BCUT2D eigenvalue weighted by Gasteiger charge is -2.09. The third-order valence-electron chi connectivity index (χ3n) is 2.96. The van der Waals surface area contributed by atoms with Gasteiger partial charge in [0.2, 0.25) is 5.91 Å². The lowest BCUT2D eigenvalue weighted by Crippen LogP contribution is -2.15. The predicted molar refractivity (Wildman–Crippen MR) is 63.3 cm³/mol. The van der Waals surface area contributed by atoms with Gasteiger partial charge in [-0.2, -0.15) is 0 Å². The zero-order valence-electron chi connectivity index (χ0n) is 9.49. The van der Waals surface area contributed by atoms with Crippen molar-refractivity contribution < 1.29 is 9.53 Å². The summed E-state index contributed by atoms with van der Waals surface area (Å²) in [6.07, 6.45) is 0.968. The summed E-state index contributed by atoms with van der Waals surface area (Å²) in [5.41, 5.74) is 6.96. The quantitative estimate of drug-likeness (QED) is 0.764. The van der Waals surface area contributed by atoms with Gasteiger partial charge < -0.3 is 15.8 Å². The second-order valence-corrected chi connectivity index (χ2v) is 4.26. The van der Waals surface area contributed by atoms with Gasteiger partial charge in [-0.3, -0.25) is 4.79 Å². The molecule has 0 saturated heterocycles. The lowest BCUT2D eigenvalue weighted by atomic mass is 10.2. The highest BCUT2D eigenvalue weighted by Gasteiger charge is 2.39. The normalized spacial score (nSPS) is 22.6. The largest absolute Gasteiger partial charge is 0.497 e. The highest BCUT2D eigenvalue weighted by Crippen LogP contribution is 2.39. The van der Waals surface area contributed by atoms with Gasteiger partial charge >= 0.3 is 0 Å². The first kappa shape index (κ1) is 10.8. The van der Waals surface area contributed by atoms with Crippen LogP contribution in [0.1, 0.15) is 13.3 Å². The van der Waals surface area contributed by atoms with Gasteiger partial charge in [0.05, 0.1) is 18.5 Å². The monoisotopic (exact) mass is 220 g/mol. The van der Waals surface area contributed by atoms with Crippen molar-refractivity contribution in [1.82, 2.24) is 0 Å². The molecular weight excluding hydrogens is 204 g/mol.